The van der Waals surface area contributed by atoms with Crippen molar-refractivity contribution in [3.05, 3.63) is 89.2 Å². The first-order valence-electron chi connectivity index (χ1n) is 7.79. The molecule has 0 saturated heterocycles. The molecular weight excluding hydrogens is 391 g/mol. The molecule has 5 nitrogen and oxygen atoms in total. The molecule has 0 radical (unpaired) electrons. The first-order chi connectivity index (χ1) is 12.8. The summed E-state index contributed by atoms with van der Waals surface area (Å²) in [5.74, 6) is -1.43. The highest BCUT2D eigenvalue weighted by Crippen LogP contribution is 2.22. The van der Waals surface area contributed by atoms with E-state index in [0.29, 0.717) is 10.7 Å². The third-order valence-corrected chi connectivity index (χ3v) is 5.23. The van der Waals surface area contributed by atoms with Gasteiger partial charge in [0.05, 0.1) is 10.6 Å². The van der Waals surface area contributed by atoms with Crippen LogP contribution in [0.1, 0.15) is 10.4 Å². The molecule has 0 saturated carbocycles. The van der Waals surface area contributed by atoms with Crippen molar-refractivity contribution in [3.63, 3.8) is 0 Å². The third kappa shape index (κ3) is 4.64. The Bertz CT molecular complexity index is 1090. The lowest BCUT2D eigenvalue weighted by Crippen LogP contribution is -2.15. The molecule has 0 unspecified atom stereocenters. The molecule has 0 bridgehead atoms. The minimum atomic E-state index is -3.96. The van der Waals surface area contributed by atoms with E-state index in [-0.39, 0.29) is 16.1 Å². The van der Waals surface area contributed by atoms with Gasteiger partial charge in [-0.25, -0.2) is 12.8 Å². The molecule has 0 fully saturated rings. The Balaban J connectivity index is 1.80. The molecule has 3 aromatic carbocycles. The topological polar surface area (TPSA) is 75.3 Å². The molecule has 0 atom stereocenters. The number of carbonyl (C=O) groups is 1. The van der Waals surface area contributed by atoms with Gasteiger partial charge >= 0.3 is 0 Å². The van der Waals surface area contributed by atoms with E-state index < -0.39 is 21.7 Å². The Morgan fingerprint density at radius 1 is 0.926 bits per heavy atom. The quantitative estimate of drug-likeness (QED) is 0.655. The van der Waals surface area contributed by atoms with Crippen molar-refractivity contribution >= 4 is 38.9 Å². The van der Waals surface area contributed by atoms with Gasteiger partial charge in [-0.1, -0.05) is 35.9 Å². The van der Waals surface area contributed by atoms with Gasteiger partial charge in [-0.2, -0.15) is 0 Å². The van der Waals surface area contributed by atoms with Gasteiger partial charge in [0.2, 0.25) is 0 Å². The Morgan fingerprint density at radius 2 is 1.67 bits per heavy atom. The van der Waals surface area contributed by atoms with E-state index in [4.69, 9.17) is 11.6 Å². The molecule has 138 valence electrons. The second kappa shape index (κ2) is 7.77. The lowest BCUT2D eigenvalue weighted by molar-refractivity contribution is 0.102. The van der Waals surface area contributed by atoms with E-state index in [1.165, 1.54) is 24.3 Å². The van der Waals surface area contributed by atoms with Gasteiger partial charge in [-0.05, 0) is 48.5 Å². The fourth-order valence-electron chi connectivity index (χ4n) is 2.31. The SMILES string of the molecule is O=C(Nc1ccc(S(=O)(=O)Nc2ccccc2)cc1F)c1cccc(Cl)c1. The van der Waals surface area contributed by atoms with Crippen molar-refractivity contribution in [2.45, 2.75) is 4.90 Å². The lowest BCUT2D eigenvalue weighted by Gasteiger charge is -2.11. The van der Waals surface area contributed by atoms with E-state index in [2.05, 4.69) is 10.0 Å². The van der Waals surface area contributed by atoms with Crippen molar-refractivity contribution in [3.8, 4) is 0 Å². The number of benzene rings is 3. The van der Waals surface area contributed by atoms with Crippen LogP contribution in [0.15, 0.2) is 77.7 Å². The number of anilines is 2. The van der Waals surface area contributed by atoms with Gasteiger partial charge in [0.25, 0.3) is 15.9 Å². The smallest absolute Gasteiger partial charge is 0.261 e. The lowest BCUT2D eigenvalue weighted by atomic mass is 10.2. The van der Waals surface area contributed by atoms with E-state index in [9.17, 15) is 17.6 Å². The summed E-state index contributed by atoms with van der Waals surface area (Å²) in [4.78, 5) is 11.9. The maximum absolute atomic E-state index is 14.3. The molecule has 0 spiro atoms. The second-order valence-electron chi connectivity index (χ2n) is 5.58. The Morgan fingerprint density at radius 3 is 2.33 bits per heavy atom. The highest BCUT2D eigenvalue weighted by Gasteiger charge is 2.17. The first-order valence-corrected chi connectivity index (χ1v) is 9.65. The number of carbonyl (C=O) groups excluding carboxylic acids is 1. The maximum atomic E-state index is 14.3. The zero-order valence-electron chi connectivity index (χ0n) is 13.8. The van der Waals surface area contributed by atoms with Crippen LogP contribution in [-0.2, 0) is 10.0 Å². The van der Waals surface area contributed by atoms with Crippen LogP contribution in [0.4, 0.5) is 15.8 Å². The predicted octanol–water partition coefficient (Wildman–Crippen LogP) is 4.53. The second-order valence-corrected chi connectivity index (χ2v) is 7.70. The zero-order valence-corrected chi connectivity index (χ0v) is 15.4. The van der Waals surface area contributed by atoms with Gasteiger partial charge in [0.15, 0.2) is 0 Å². The highest BCUT2D eigenvalue weighted by atomic mass is 35.5. The highest BCUT2D eigenvalue weighted by molar-refractivity contribution is 7.92. The number of sulfonamides is 1. The van der Waals surface area contributed by atoms with Gasteiger partial charge in [0.1, 0.15) is 5.82 Å². The number of amides is 1. The van der Waals surface area contributed by atoms with Crippen LogP contribution in [-0.4, -0.2) is 14.3 Å². The predicted molar refractivity (Wildman–Crippen MR) is 103 cm³/mol. The van der Waals surface area contributed by atoms with E-state index in [1.807, 2.05) is 0 Å². The summed E-state index contributed by atoms with van der Waals surface area (Å²) < 4.78 is 41.4. The molecule has 3 aromatic rings. The molecule has 0 aliphatic rings. The van der Waals surface area contributed by atoms with Crippen LogP contribution in [0.5, 0.6) is 0 Å². The molecular formula is C19H14ClFN2O3S. The van der Waals surface area contributed by atoms with Gasteiger partial charge in [-0.15, -0.1) is 0 Å². The summed E-state index contributed by atoms with van der Waals surface area (Å²) in [6.45, 7) is 0. The molecule has 0 aliphatic carbocycles. The van der Waals surface area contributed by atoms with Crippen molar-refractivity contribution in [2.24, 2.45) is 0 Å². The van der Waals surface area contributed by atoms with Crippen LogP contribution < -0.4 is 10.0 Å². The third-order valence-electron chi connectivity index (χ3n) is 3.61. The molecule has 1 amide bonds. The number of rotatable bonds is 5. The number of hydrogen-bond donors (Lipinski definition) is 2. The normalized spacial score (nSPS) is 11.0. The Kier molecular flexibility index (Phi) is 5.43. The standard InChI is InChI=1S/C19H14ClFN2O3S/c20-14-6-4-5-13(11-14)19(24)22-18-10-9-16(12-17(18)21)27(25,26)23-15-7-2-1-3-8-15/h1-12,23H,(H,22,24). The average Bonchev–Trinajstić information content (AvgIpc) is 2.63. The van der Waals surface area contributed by atoms with Crippen LogP contribution >= 0.6 is 11.6 Å². The fraction of sp³-hybridized carbons (Fsp3) is 0. The van der Waals surface area contributed by atoms with Gasteiger partial charge in [0, 0.05) is 16.3 Å². The van der Waals surface area contributed by atoms with Crippen molar-refractivity contribution in [2.75, 3.05) is 10.0 Å². The molecule has 3 rings (SSSR count). The summed E-state index contributed by atoms with van der Waals surface area (Å²) in [5.41, 5.74) is 0.472. The van der Waals surface area contributed by atoms with Crippen molar-refractivity contribution < 1.29 is 17.6 Å². The summed E-state index contributed by atoms with van der Waals surface area (Å²) in [6, 6.07) is 17.7. The summed E-state index contributed by atoms with van der Waals surface area (Å²) in [5, 5.41) is 2.77. The maximum Gasteiger partial charge on any atom is 0.261 e. The zero-order chi connectivity index (χ0) is 19.4. The van der Waals surface area contributed by atoms with Gasteiger partial charge < -0.3 is 5.32 Å². The van der Waals surface area contributed by atoms with Gasteiger partial charge in [-0.3, -0.25) is 9.52 Å². The fourth-order valence-corrected chi connectivity index (χ4v) is 3.57. The van der Waals surface area contributed by atoms with Crippen LogP contribution in [0.25, 0.3) is 0 Å². The minimum absolute atomic E-state index is 0.140. The average molecular weight is 405 g/mol. The molecule has 2 N–H and O–H groups in total. The molecule has 0 aliphatic heterocycles. The Labute approximate surface area is 160 Å². The number of para-hydroxylation sites is 1. The van der Waals surface area contributed by atoms with Crippen LogP contribution in [0.3, 0.4) is 0 Å². The Hall–Kier alpha value is -2.90. The van der Waals surface area contributed by atoms with Crippen LogP contribution in [0.2, 0.25) is 5.02 Å². The van der Waals surface area contributed by atoms with Crippen LogP contribution in [0, 0.1) is 5.82 Å². The van der Waals surface area contributed by atoms with E-state index >= 15 is 0 Å². The molecule has 8 heteroatoms. The number of hydrogen-bond acceptors (Lipinski definition) is 3. The summed E-state index contributed by atoms with van der Waals surface area (Å²) in [6.07, 6.45) is 0. The van der Waals surface area contributed by atoms with Crippen molar-refractivity contribution in [1.29, 1.82) is 0 Å². The largest absolute Gasteiger partial charge is 0.319 e. The summed E-state index contributed by atoms with van der Waals surface area (Å²) >= 11 is 5.83. The van der Waals surface area contributed by atoms with E-state index in [0.717, 1.165) is 6.07 Å². The monoisotopic (exact) mass is 404 g/mol. The molecule has 27 heavy (non-hydrogen) atoms. The molecule has 0 heterocycles. The number of halogens is 2. The molecule has 0 aromatic heterocycles. The number of nitrogens with one attached hydrogen (secondary N) is 2. The van der Waals surface area contributed by atoms with E-state index in [1.54, 1.807) is 42.5 Å². The minimum Gasteiger partial charge on any atom is -0.319 e. The first kappa shape index (κ1) is 18.9. The summed E-state index contributed by atoms with van der Waals surface area (Å²) in [7, 11) is -3.96. The van der Waals surface area contributed by atoms with Crippen molar-refractivity contribution in [1.82, 2.24) is 0 Å².